The largest absolute Gasteiger partial charge is 0.444 e. The van der Waals surface area contributed by atoms with E-state index in [1.807, 2.05) is 0 Å². The molecule has 3 heteroatoms. The lowest BCUT2D eigenvalue weighted by molar-refractivity contribution is 0.0600. The van der Waals surface area contributed by atoms with Crippen LogP contribution < -0.4 is 5.73 Å². The van der Waals surface area contributed by atoms with Crippen molar-refractivity contribution in [3.8, 4) is 0 Å². The summed E-state index contributed by atoms with van der Waals surface area (Å²) in [6.07, 6.45) is 6.28. The van der Waals surface area contributed by atoms with Gasteiger partial charge < -0.3 is 10.5 Å². The number of hydrogen-bond acceptors (Lipinski definition) is 2. The molecule has 1 amide bonds. The van der Waals surface area contributed by atoms with Crippen LogP contribution in [0.15, 0.2) is 0 Å². The minimum atomic E-state index is -0.725. The summed E-state index contributed by atoms with van der Waals surface area (Å²) < 4.78 is 4.58. The molecule has 0 bridgehead atoms. The number of rotatable bonds is 4. The average Bonchev–Trinajstić information content (AvgIpc) is 2.01. The highest BCUT2D eigenvalue weighted by molar-refractivity contribution is 5.65. The summed E-state index contributed by atoms with van der Waals surface area (Å²) in [4.78, 5) is 10.0. The number of unbranched alkanes of at least 4 members (excludes halogenated alkanes) is 4. The van der Waals surface area contributed by atoms with Gasteiger partial charge in [0.05, 0.1) is 0 Å². The number of carbonyl (C=O) groups is 1. The van der Waals surface area contributed by atoms with Gasteiger partial charge in [-0.15, -0.1) is 0 Å². The second-order valence-electron chi connectivity index (χ2n) is 4.59. The Kier molecular flexibility index (Phi) is 10.9. The molecule has 0 aliphatic heterocycles. The average molecular weight is 217 g/mol. The molecule has 0 aromatic heterocycles. The maximum atomic E-state index is 10.0. The molecule has 0 atom stereocenters. The van der Waals surface area contributed by atoms with Gasteiger partial charge in [-0.2, -0.15) is 0 Å². The summed E-state index contributed by atoms with van der Waals surface area (Å²) >= 11 is 0. The van der Waals surface area contributed by atoms with Crippen LogP contribution >= 0.6 is 0 Å². The number of hydrogen-bond donors (Lipinski definition) is 1. The molecule has 0 heterocycles. The Bertz CT molecular complexity index is 146. The Labute approximate surface area is 94.4 Å². The van der Waals surface area contributed by atoms with Crippen molar-refractivity contribution < 1.29 is 9.53 Å². The van der Waals surface area contributed by atoms with Crippen LogP contribution in [-0.4, -0.2) is 11.7 Å². The van der Waals surface area contributed by atoms with Gasteiger partial charge in [0.1, 0.15) is 5.60 Å². The van der Waals surface area contributed by atoms with Crippen LogP contribution in [-0.2, 0) is 4.74 Å². The van der Waals surface area contributed by atoms with E-state index < -0.39 is 11.7 Å². The fourth-order valence-electron chi connectivity index (χ4n) is 0.979. The van der Waals surface area contributed by atoms with Crippen molar-refractivity contribution in [1.29, 1.82) is 0 Å². The fourth-order valence-corrected chi connectivity index (χ4v) is 0.979. The Morgan fingerprint density at radius 2 is 1.47 bits per heavy atom. The van der Waals surface area contributed by atoms with E-state index in [9.17, 15) is 4.79 Å². The van der Waals surface area contributed by atoms with Gasteiger partial charge in [-0.25, -0.2) is 4.79 Å². The zero-order valence-electron chi connectivity index (χ0n) is 10.9. The summed E-state index contributed by atoms with van der Waals surface area (Å²) in [7, 11) is 0. The lowest BCUT2D eigenvalue weighted by Gasteiger charge is -2.16. The maximum absolute atomic E-state index is 10.0. The molecule has 0 unspecified atom stereocenters. The first-order chi connectivity index (χ1) is 6.83. The molecule has 2 N–H and O–H groups in total. The first kappa shape index (κ1) is 16.7. The smallest absolute Gasteiger partial charge is 0.405 e. The van der Waals surface area contributed by atoms with Crippen LogP contribution in [0.25, 0.3) is 0 Å². The SMILES string of the molecule is CC(C)(C)OC(N)=O.CCCCCCC. The van der Waals surface area contributed by atoms with E-state index in [4.69, 9.17) is 5.73 Å². The molecule has 0 saturated carbocycles. The van der Waals surface area contributed by atoms with Gasteiger partial charge >= 0.3 is 6.09 Å². The first-order valence-electron chi connectivity index (χ1n) is 5.82. The van der Waals surface area contributed by atoms with Crippen molar-refractivity contribution in [2.24, 2.45) is 5.73 Å². The predicted octanol–water partition coefficient (Wildman–Crippen LogP) is 3.86. The second-order valence-corrected chi connectivity index (χ2v) is 4.59. The number of primary amides is 1. The Morgan fingerprint density at radius 1 is 1.07 bits per heavy atom. The first-order valence-corrected chi connectivity index (χ1v) is 5.82. The molecular formula is C12H27NO2. The summed E-state index contributed by atoms with van der Waals surface area (Å²) in [5.41, 5.74) is 4.26. The normalized spacial score (nSPS) is 10.2. The lowest BCUT2D eigenvalue weighted by Crippen LogP contribution is -2.27. The number of nitrogens with two attached hydrogens (primary N) is 1. The maximum Gasteiger partial charge on any atom is 0.405 e. The quantitative estimate of drug-likeness (QED) is 0.727. The van der Waals surface area contributed by atoms with Gasteiger partial charge in [0.25, 0.3) is 0 Å². The highest BCUT2D eigenvalue weighted by Gasteiger charge is 2.12. The molecule has 0 rings (SSSR count). The van der Waals surface area contributed by atoms with Crippen molar-refractivity contribution in [3.05, 3.63) is 0 Å². The molecule has 0 fully saturated rings. The van der Waals surface area contributed by atoms with Crippen molar-refractivity contribution >= 4 is 6.09 Å². The third-order valence-corrected chi connectivity index (χ3v) is 1.61. The number of ether oxygens (including phenoxy) is 1. The molecule has 0 aromatic carbocycles. The molecule has 0 saturated heterocycles. The Morgan fingerprint density at radius 3 is 1.60 bits per heavy atom. The monoisotopic (exact) mass is 217 g/mol. The number of amides is 1. The van der Waals surface area contributed by atoms with E-state index in [1.165, 1.54) is 32.1 Å². The second kappa shape index (κ2) is 9.81. The Hall–Kier alpha value is -0.730. The fraction of sp³-hybridized carbons (Fsp3) is 0.917. The van der Waals surface area contributed by atoms with E-state index in [1.54, 1.807) is 20.8 Å². The molecule has 0 aliphatic carbocycles. The van der Waals surface area contributed by atoms with Crippen molar-refractivity contribution in [2.45, 2.75) is 72.3 Å². The minimum Gasteiger partial charge on any atom is -0.444 e. The molecule has 3 nitrogen and oxygen atoms in total. The molecule has 0 aromatic rings. The van der Waals surface area contributed by atoms with Gasteiger partial charge in [-0.1, -0.05) is 46.0 Å². The zero-order valence-corrected chi connectivity index (χ0v) is 10.9. The van der Waals surface area contributed by atoms with Gasteiger partial charge in [-0.3, -0.25) is 0 Å². The van der Waals surface area contributed by atoms with Crippen LogP contribution in [0.1, 0.15) is 66.7 Å². The van der Waals surface area contributed by atoms with Crippen LogP contribution in [0.2, 0.25) is 0 Å². The predicted molar refractivity (Wildman–Crippen MR) is 64.9 cm³/mol. The van der Waals surface area contributed by atoms with Crippen molar-refractivity contribution in [3.63, 3.8) is 0 Å². The van der Waals surface area contributed by atoms with E-state index in [2.05, 4.69) is 18.6 Å². The van der Waals surface area contributed by atoms with Gasteiger partial charge in [0, 0.05) is 0 Å². The van der Waals surface area contributed by atoms with Gasteiger partial charge in [-0.05, 0) is 20.8 Å². The molecule has 15 heavy (non-hydrogen) atoms. The highest BCUT2D eigenvalue weighted by atomic mass is 16.6. The summed E-state index contributed by atoms with van der Waals surface area (Å²) in [5.74, 6) is 0. The van der Waals surface area contributed by atoms with Gasteiger partial charge in [0.2, 0.25) is 0 Å². The summed E-state index contributed by atoms with van der Waals surface area (Å²) in [5, 5.41) is 0. The lowest BCUT2D eigenvalue weighted by atomic mass is 10.2. The molecule has 0 aliphatic rings. The molecule has 92 valence electrons. The third-order valence-electron chi connectivity index (χ3n) is 1.61. The van der Waals surface area contributed by atoms with Crippen molar-refractivity contribution in [2.75, 3.05) is 0 Å². The minimum absolute atomic E-state index is 0.453. The number of carbonyl (C=O) groups excluding carboxylic acids is 1. The van der Waals surface area contributed by atoms with E-state index >= 15 is 0 Å². The van der Waals surface area contributed by atoms with Gasteiger partial charge in [0.15, 0.2) is 0 Å². The standard InChI is InChI=1S/C7H16.C5H11NO2/c1-3-5-7-6-4-2;1-5(2,3)8-4(6)7/h3-7H2,1-2H3;1-3H3,(H2,6,7). The Balaban J connectivity index is 0. The molecule has 0 spiro atoms. The van der Waals surface area contributed by atoms with E-state index in [0.29, 0.717) is 0 Å². The van der Waals surface area contributed by atoms with Crippen molar-refractivity contribution in [1.82, 2.24) is 0 Å². The third kappa shape index (κ3) is 24.6. The van der Waals surface area contributed by atoms with Crippen LogP contribution in [0, 0.1) is 0 Å². The zero-order chi connectivity index (χ0) is 12.3. The van der Waals surface area contributed by atoms with E-state index in [-0.39, 0.29) is 0 Å². The van der Waals surface area contributed by atoms with Crippen LogP contribution in [0.4, 0.5) is 4.79 Å². The molecule has 0 radical (unpaired) electrons. The van der Waals surface area contributed by atoms with Crippen LogP contribution in [0.5, 0.6) is 0 Å². The topological polar surface area (TPSA) is 52.3 Å². The summed E-state index contributed by atoms with van der Waals surface area (Å²) in [6, 6.07) is 0. The highest BCUT2D eigenvalue weighted by Crippen LogP contribution is 2.04. The van der Waals surface area contributed by atoms with E-state index in [0.717, 1.165) is 0 Å². The summed E-state index contributed by atoms with van der Waals surface area (Å²) in [6.45, 7) is 9.78. The molecular weight excluding hydrogens is 190 g/mol. The van der Waals surface area contributed by atoms with Crippen LogP contribution in [0.3, 0.4) is 0 Å².